The van der Waals surface area contributed by atoms with Crippen molar-refractivity contribution < 1.29 is 28.5 Å². The van der Waals surface area contributed by atoms with Crippen LogP contribution in [0.1, 0.15) is 103 Å². The highest BCUT2D eigenvalue weighted by Gasteiger charge is 2.43. The minimum Gasteiger partial charge on any atom is -0.488 e. The molecule has 66 heavy (non-hydrogen) atoms. The van der Waals surface area contributed by atoms with Gasteiger partial charge in [0.25, 0.3) is 6.02 Å². The molecule has 4 N–H and O–H groups in total. The van der Waals surface area contributed by atoms with Crippen LogP contribution in [-0.4, -0.2) is 107 Å². The van der Waals surface area contributed by atoms with E-state index in [-0.39, 0.29) is 53.6 Å². The Labute approximate surface area is 387 Å². The molecule has 0 bridgehead atoms. The van der Waals surface area contributed by atoms with E-state index in [0.717, 1.165) is 86.4 Å². The zero-order chi connectivity index (χ0) is 47.0. The number of aromatic nitrogens is 4. The number of hydrogen-bond donors (Lipinski definition) is 3. The Morgan fingerprint density at radius 2 is 1.58 bits per heavy atom. The van der Waals surface area contributed by atoms with Gasteiger partial charge in [0.2, 0.25) is 11.8 Å². The molecular weight excluding hydrogens is 835 g/mol. The average molecular weight is 902 g/mol. The van der Waals surface area contributed by atoms with Crippen LogP contribution in [0.4, 0.5) is 0 Å². The number of fused-ring (bicyclic) bond motifs is 6. The number of amides is 2. The monoisotopic (exact) mass is 902 g/mol. The molecule has 3 aromatic carbocycles. The summed E-state index contributed by atoms with van der Waals surface area (Å²) in [4.78, 5) is 59.1. The van der Waals surface area contributed by atoms with Crippen molar-refractivity contribution in [1.82, 2.24) is 29.7 Å². The Balaban J connectivity index is 1.06. The van der Waals surface area contributed by atoms with Gasteiger partial charge in [0, 0.05) is 43.0 Å². The lowest BCUT2D eigenvalue weighted by Crippen LogP contribution is -2.42. The third-order valence-electron chi connectivity index (χ3n) is 14.1. The van der Waals surface area contributed by atoms with E-state index in [4.69, 9.17) is 39.6 Å². The summed E-state index contributed by atoms with van der Waals surface area (Å²) in [6.07, 6.45) is 4.97. The van der Waals surface area contributed by atoms with Gasteiger partial charge in [-0.1, -0.05) is 79.5 Å². The second kappa shape index (κ2) is 19.5. The molecule has 2 saturated heterocycles. The fraction of sp³-hybridized carbons (Fsp3) is 0.529. The van der Waals surface area contributed by atoms with E-state index in [0.29, 0.717) is 44.5 Å². The Hall–Kier alpha value is -5.96. The largest absolute Gasteiger partial charge is 0.488 e. The molecule has 8 atom stereocenters. The standard InChI is InChI=1S/C51H67N9O6/c1-11-29(6)43(57-48(64-9)27(3)4)49(61)59-23-28(5)17-40(59)46-53-22-39(55-46)33-13-15-35-34(19-33)26-66-42-21-36-32(20-37(35)42)14-16-38-45(36)56-47(54-38)41-18-31(25-63-8)24-60(41)50(62)44(30(7)12-2)58-51(52)65-10/h13-16,19-22,27-31,40-41,43-44H,11-12,17-18,23-26H2,1-10H3,(H2,52,58)(H,53,55)(H,54,56). The van der Waals surface area contributed by atoms with Gasteiger partial charge in [0.1, 0.15) is 36.1 Å². The minimum atomic E-state index is -0.680. The van der Waals surface area contributed by atoms with Crippen molar-refractivity contribution in [2.75, 3.05) is 41.0 Å². The van der Waals surface area contributed by atoms with Gasteiger partial charge in [0.15, 0.2) is 5.90 Å². The fourth-order valence-electron chi connectivity index (χ4n) is 10.0. The number of benzene rings is 3. The Morgan fingerprint density at radius 1 is 0.864 bits per heavy atom. The quantitative estimate of drug-likeness (QED) is 0.0725. The van der Waals surface area contributed by atoms with E-state index in [1.54, 1.807) is 14.2 Å². The zero-order valence-corrected chi connectivity index (χ0v) is 40.2. The maximum Gasteiger partial charge on any atom is 0.282 e. The molecule has 15 nitrogen and oxygen atoms in total. The van der Waals surface area contributed by atoms with Crippen LogP contribution in [0.25, 0.3) is 44.2 Å². The third-order valence-corrected chi connectivity index (χ3v) is 14.1. The first-order valence-corrected chi connectivity index (χ1v) is 23.6. The van der Waals surface area contributed by atoms with Crippen molar-refractivity contribution >= 4 is 45.5 Å². The summed E-state index contributed by atoms with van der Waals surface area (Å²) in [7, 11) is 4.78. The number of rotatable bonds is 14. The molecule has 3 aliphatic heterocycles. The van der Waals surface area contributed by atoms with Crippen molar-refractivity contribution in [3.05, 3.63) is 65.9 Å². The topological polar surface area (TPSA) is 186 Å². The number of nitrogens with zero attached hydrogens (tertiary/aromatic N) is 6. The highest BCUT2D eigenvalue weighted by Crippen LogP contribution is 2.44. The number of likely N-dealkylation sites (tertiary alicyclic amines) is 2. The number of imidazole rings is 2. The normalized spacial score (nSPS) is 21.7. The van der Waals surface area contributed by atoms with Crippen LogP contribution in [0.2, 0.25) is 0 Å². The van der Waals surface area contributed by atoms with Gasteiger partial charge in [-0.15, -0.1) is 0 Å². The zero-order valence-electron chi connectivity index (χ0n) is 40.2. The van der Waals surface area contributed by atoms with Gasteiger partial charge in [-0.3, -0.25) is 9.59 Å². The molecule has 15 heteroatoms. The minimum absolute atomic E-state index is 0.00856. The first kappa shape index (κ1) is 46.6. The van der Waals surface area contributed by atoms with E-state index < -0.39 is 12.1 Å². The number of amidine groups is 1. The second-order valence-corrected chi connectivity index (χ2v) is 19.1. The van der Waals surface area contributed by atoms with Crippen LogP contribution in [0.3, 0.4) is 0 Å². The number of nitrogens with one attached hydrogen (secondary N) is 2. The van der Waals surface area contributed by atoms with Gasteiger partial charge >= 0.3 is 0 Å². The van der Waals surface area contributed by atoms with Crippen LogP contribution >= 0.6 is 0 Å². The smallest absolute Gasteiger partial charge is 0.282 e. The lowest BCUT2D eigenvalue weighted by atomic mass is 9.92. The van der Waals surface area contributed by atoms with Gasteiger partial charge in [0.05, 0.1) is 55.8 Å². The van der Waals surface area contributed by atoms with Crippen LogP contribution in [0.5, 0.6) is 5.75 Å². The molecule has 8 unspecified atom stereocenters. The van der Waals surface area contributed by atoms with Crippen molar-refractivity contribution in [2.45, 2.75) is 105 Å². The first-order valence-electron chi connectivity index (χ1n) is 23.6. The number of aliphatic imine (C=N–C) groups is 2. The molecule has 2 amide bonds. The molecular formula is C51H67N9O6. The lowest BCUT2D eigenvalue weighted by molar-refractivity contribution is -0.135. The number of aromatic amines is 2. The SMILES string of the molecule is CCC(C)C(N=C(OC)C(C)C)C(=O)N1CC(C)CC1c1ncc(-c2ccc3c(c2)COc2cc4c(ccc5[nH]c(C6CC(COC)CN6C(=O)C(N=C(N)OC)C(C)CC)nc54)cc2-3)[nH]1. The van der Waals surface area contributed by atoms with Crippen LogP contribution in [-0.2, 0) is 30.4 Å². The number of ether oxygens (including phenoxy) is 4. The molecule has 2 aromatic heterocycles. The van der Waals surface area contributed by atoms with E-state index >= 15 is 0 Å². The first-order chi connectivity index (χ1) is 31.8. The van der Waals surface area contributed by atoms with Crippen LogP contribution in [0, 0.1) is 29.6 Å². The fourth-order valence-corrected chi connectivity index (χ4v) is 10.0. The summed E-state index contributed by atoms with van der Waals surface area (Å²) in [6.45, 7) is 16.6. The van der Waals surface area contributed by atoms with Gasteiger partial charge in [-0.05, 0) is 76.9 Å². The number of nitrogens with two attached hydrogens (primary N) is 1. The van der Waals surface area contributed by atoms with Crippen molar-refractivity contribution in [1.29, 1.82) is 0 Å². The molecule has 3 aliphatic rings. The van der Waals surface area contributed by atoms with Crippen molar-refractivity contribution in [3.8, 4) is 28.1 Å². The Kier molecular flexibility index (Phi) is 13.7. The van der Waals surface area contributed by atoms with Gasteiger partial charge < -0.3 is 44.4 Å². The summed E-state index contributed by atoms with van der Waals surface area (Å²) < 4.78 is 22.9. The van der Waals surface area contributed by atoms with E-state index in [1.165, 1.54) is 7.11 Å². The number of carbonyl (C=O) groups is 2. The molecule has 5 heterocycles. The maximum absolute atomic E-state index is 14.3. The number of methoxy groups -OCH3 is 3. The van der Waals surface area contributed by atoms with Crippen molar-refractivity contribution in [2.24, 2.45) is 45.3 Å². The Morgan fingerprint density at radius 3 is 2.26 bits per heavy atom. The molecule has 5 aromatic rings. The van der Waals surface area contributed by atoms with Gasteiger partial charge in [-0.2, -0.15) is 0 Å². The molecule has 0 aliphatic carbocycles. The lowest BCUT2D eigenvalue weighted by Gasteiger charge is -2.29. The summed E-state index contributed by atoms with van der Waals surface area (Å²) in [6, 6.07) is 13.2. The Bertz CT molecular complexity index is 2630. The highest BCUT2D eigenvalue weighted by atomic mass is 16.5. The second-order valence-electron chi connectivity index (χ2n) is 19.1. The number of H-pyrrole nitrogens is 2. The van der Waals surface area contributed by atoms with E-state index in [1.807, 2.05) is 43.7 Å². The molecule has 0 spiro atoms. The molecule has 8 rings (SSSR count). The third kappa shape index (κ3) is 8.98. The predicted octanol–water partition coefficient (Wildman–Crippen LogP) is 8.60. The highest BCUT2D eigenvalue weighted by molar-refractivity contribution is 6.07. The summed E-state index contributed by atoms with van der Waals surface area (Å²) in [5.74, 6) is 3.36. The van der Waals surface area contributed by atoms with E-state index in [2.05, 4.69) is 78.2 Å². The van der Waals surface area contributed by atoms with Crippen molar-refractivity contribution in [3.63, 3.8) is 0 Å². The van der Waals surface area contributed by atoms with E-state index in [9.17, 15) is 9.59 Å². The number of carbonyl (C=O) groups excluding carboxylic acids is 2. The summed E-state index contributed by atoms with van der Waals surface area (Å²) in [5.41, 5.74) is 12.8. The van der Waals surface area contributed by atoms with Gasteiger partial charge in [-0.25, -0.2) is 20.0 Å². The van der Waals surface area contributed by atoms with Crippen LogP contribution in [0.15, 0.2) is 58.6 Å². The molecule has 0 saturated carbocycles. The summed E-state index contributed by atoms with van der Waals surface area (Å²) in [5, 5.41) is 2.00. The molecule has 2 fully saturated rings. The predicted molar refractivity (Wildman–Crippen MR) is 258 cm³/mol. The van der Waals surface area contributed by atoms with Crippen LogP contribution < -0.4 is 10.5 Å². The maximum atomic E-state index is 14.3. The molecule has 352 valence electrons. The summed E-state index contributed by atoms with van der Waals surface area (Å²) >= 11 is 0. The molecule has 0 radical (unpaired) electrons. The average Bonchev–Trinajstić information content (AvgIpc) is 4.15. The number of hydrogen-bond acceptors (Lipinski definition) is 10.